The second kappa shape index (κ2) is 2.45. The fourth-order valence-electron chi connectivity index (χ4n) is 2.36. The van der Waals surface area contributed by atoms with E-state index in [9.17, 15) is 8.42 Å². The Bertz CT molecular complexity index is 273. The molecule has 70 valence electrons. The summed E-state index contributed by atoms with van der Waals surface area (Å²) in [5.41, 5.74) is 0. The van der Waals surface area contributed by atoms with Crippen molar-refractivity contribution in [2.45, 2.75) is 13.3 Å². The molecular weight excluding hydrogens is 174 g/mol. The first kappa shape index (κ1) is 8.51. The van der Waals surface area contributed by atoms with E-state index in [1.54, 1.807) is 4.31 Å². The number of nitrogens with zero attached hydrogens (tertiary/aromatic N) is 1. The molecule has 12 heavy (non-hydrogen) atoms. The maximum Gasteiger partial charge on any atom is 0.211 e. The molecule has 3 aliphatic rings. The zero-order valence-corrected chi connectivity index (χ0v) is 8.34. The van der Waals surface area contributed by atoms with Gasteiger partial charge in [0.15, 0.2) is 0 Å². The quantitative estimate of drug-likeness (QED) is 0.603. The maximum absolute atomic E-state index is 11.2. The molecule has 2 saturated heterocycles. The summed E-state index contributed by atoms with van der Waals surface area (Å²) in [6, 6.07) is 0. The van der Waals surface area contributed by atoms with Gasteiger partial charge in [-0.3, -0.25) is 0 Å². The van der Waals surface area contributed by atoms with E-state index in [0.29, 0.717) is 11.8 Å². The van der Waals surface area contributed by atoms with Crippen LogP contribution in [0.5, 0.6) is 0 Å². The van der Waals surface area contributed by atoms with Gasteiger partial charge in [0.05, 0.1) is 6.26 Å². The third-order valence-electron chi connectivity index (χ3n) is 3.44. The van der Waals surface area contributed by atoms with Gasteiger partial charge in [0, 0.05) is 13.1 Å². The van der Waals surface area contributed by atoms with Crippen LogP contribution < -0.4 is 0 Å². The van der Waals surface area contributed by atoms with E-state index in [1.807, 2.05) is 0 Å². The first-order valence-corrected chi connectivity index (χ1v) is 6.28. The van der Waals surface area contributed by atoms with Crippen LogP contribution in [0.3, 0.4) is 0 Å². The molecule has 4 heteroatoms. The molecule has 0 N–H and O–H groups in total. The molecule has 0 amide bonds. The molecule has 3 fully saturated rings. The lowest BCUT2D eigenvalue weighted by Gasteiger charge is -2.51. The highest BCUT2D eigenvalue weighted by atomic mass is 32.2. The molecule has 2 aliphatic heterocycles. The van der Waals surface area contributed by atoms with Gasteiger partial charge in [-0.2, -0.15) is 0 Å². The molecule has 2 bridgehead atoms. The summed E-state index contributed by atoms with van der Waals surface area (Å²) in [5, 5.41) is 0. The summed E-state index contributed by atoms with van der Waals surface area (Å²) in [6.45, 7) is 3.76. The Morgan fingerprint density at radius 2 is 1.75 bits per heavy atom. The summed E-state index contributed by atoms with van der Waals surface area (Å²) < 4.78 is 24.0. The van der Waals surface area contributed by atoms with Gasteiger partial charge in [-0.05, 0) is 24.2 Å². The van der Waals surface area contributed by atoms with Crippen molar-refractivity contribution >= 4 is 10.0 Å². The summed E-state index contributed by atoms with van der Waals surface area (Å²) >= 11 is 0. The minimum Gasteiger partial charge on any atom is -0.213 e. The van der Waals surface area contributed by atoms with E-state index in [4.69, 9.17) is 0 Å². The Labute approximate surface area is 73.8 Å². The van der Waals surface area contributed by atoms with Crippen LogP contribution in [0, 0.1) is 17.8 Å². The van der Waals surface area contributed by atoms with Gasteiger partial charge in [-0.1, -0.05) is 6.92 Å². The molecule has 0 spiro atoms. The lowest BCUT2D eigenvalue weighted by molar-refractivity contribution is 0.00363. The van der Waals surface area contributed by atoms with E-state index >= 15 is 0 Å². The van der Waals surface area contributed by atoms with Crippen LogP contribution in [0.15, 0.2) is 0 Å². The predicted molar refractivity (Wildman–Crippen MR) is 47.2 cm³/mol. The second-order valence-corrected chi connectivity index (χ2v) is 6.18. The van der Waals surface area contributed by atoms with E-state index in [1.165, 1.54) is 12.7 Å². The van der Waals surface area contributed by atoms with Crippen molar-refractivity contribution in [2.24, 2.45) is 17.8 Å². The Morgan fingerprint density at radius 1 is 1.25 bits per heavy atom. The van der Waals surface area contributed by atoms with Gasteiger partial charge < -0.3 is 0 Å². The van der Waals surface area contributed by atoms with Crippen molar-refractivity contribution in [1.29, 1.82) is 0 Å². The van der Waals surface area contributed by atoms with Crippen LogP contribution in [0.25, 0.3) is 0 Å². The smallest absolute Gasteiger partial charge is 0.211 e. The molecule has 2 unspecified atom stereocenters. The molecule has 1 saturated carbocycles. The molecule has 2 atom stereocenters. The van der Waals surface area contributed by atoms with Crippen LogP contribution in [-0.2, 0) is 10.0 Å². The van der Waals surface area contributed by atoms with E-state index in [2.05, 4.69) is 6.92 Å². The maximum atomic E-state index is 11.2. The Morgan fingerprint density at radius 3 is 2.08 bits per heavy atom. The van der Waals surface area contributed by atoms with Gasteiger partial charge in [0.25, 0.3) is 0 Å². The molecular formula is C8H15NO2S. The van der Waals surface area contributed by atoms with Gasteiger partial charge >= 0.3 is 0 Å². The zero-order valence-electron chi connectivity index (χ0n) is 7.53. The van der Waals surface area contributed by atoms with Gasteiger partial charge in [0.2, 0.25) is 10.0 Å². The van der Waals surface area contributed by atoms with Gasteiger partial charge in [-0.25, -0.2) is 12.7 Å². The van der Waals surface area contributed by atoms with E-state index in [0.717, 1.165) is 19.0 Å². The van der Waals surface area contributed by atoms with Crippen molar-refractivity contribution in [2.75, 3.05) is 19.3 Å². The van der Waals surface area contributed by atoms with Gasteiger partial charge in [0.1, 0.15) is 0 Å². The Hall–Kier alpha value is -0.0900. The zero-order chi connectivity index (χ0) is 8.93. The highest BCUT2D eigenvalue weighted by Crippen LogP contribution is 2.45. The highest BCUT2D eigenvalue weighted by Gasteiger charge is 2.45. The van der Waals surface area contributed by atoms with Crippen molar-refractivity contribution in [3.63, 3.8) is 0 Å². The molecule has 0 aromatic carbocycles. The third kappa shape index (κ3) is 1.17. The average Bonchev–Trinajstić information content (AvgIpc) is 2.02. The summed E-state index contributed by atoms with van der Waals surface area (Å²) in [7, 11) is -2.92. The van der Waals surface area contributed by atoms with Crippen LogP contribution in [0.4, 0.5) is 0 Å². The molecule has 0 radical (unpaired) electrons. The highest BCUT2D eigenvalue weighted by molar-refractivity contribution is 7.88. The van der Waals surface area contributed by atoms with Crippen molar-refractivity contribution in [1.82, 2.24) is 4.31 Å². The number of rotatable bonds is 1. The standard InChI is InChI=1S/C8H15NO2S/c1-6-7-3-8(6)5-9(4-7)12(2,10)11/h6-8H,3-5H2,1-2H3. The number of fused-ring (bicyclic) bond motifs is 2. The molecule has 3 rings (SSSR count). The summed E-state index contributed by atoms with van der Waals surface area (Å²) in [6.07, 6.45) is 2.55. The normalized spacial score (nSPS) is 42.3. The molecule has 3 nitrogen and oxygen atoms in total. The molecule has 2 heterocycles. The summed E-state index contributed by atoms with van der Waals surface area (Å²) in [5.74, 6) is 2.03. The van der Waals surface area contributed by atoms with Crippen molar-refractivity contribution in [3.8, 4) is 0 Å². The first-order valence-electron chi connectivity index (χ1n) is 4.43. The minimum atomic E-state index is -2.92. The van der Waals surface area contributed by atoms with Crippen LogP contribution in [0.1, 0.15) is 13.3 Å². The van der Waals surface area contributed by atoms with Crippen LogP contribution in [-0.4, -0.2) is 32.1 Å². The minimum absolute atomic E-state index is 0.637. The lowest BCUT2D eigenvalue weighted by Crippen LogP contribution is -2.55. The molecule has 1 aliphatic carbocycles. The Kier molecular flexibility index (Phi) is 1.74. The fourth-order valence-corrected chi connectivity index (χ4v) is 3.28. The van der Waals surface area contributed by atoms with Crippen LogP contribution in [0.2, 0.25) is 0 Å². The number of sulfonamides is 1. The number of hydrogen-bond donors (Lipinski definition) is 0. The van der Waals surface area contributed by atoms with Crippen molar-refractivity contribution in [3.05, 3.63) is 0 Å². The largest absolute Gasteiger partial charge is 0.213 e. The predicted octanol–water partition coefficient (Wildman–Crippen LogP) is 0.534. The number of hydrogen-bond acceptors (Lipinski definition) is 2. The average molecular weight is 189 g/mol. The SMILES string of the molecule is CC1C2CC1CN(S(C)(=O)=O)C2. The van der Waals surface area contributed by atoms with E-state index in [-0.39, 0.29) is 0 Å². The monoisotopic (exact) mass is 189 g/mol. The molecule has 0 aromatic heterocycles. The number of piperidine rings is 2. The van der Waals surface area contributed by atoms with Crippen molar-refractivity contribution < 1.29 is 8.42 Å². The topological polar surface area (TPSA) is 37.4 Å². The third-order valence-corrected chi connectivity index (χ3v) is 4.67. The second-order valence-electron chi connectivity index (χ2n) is 4.19. The molecule has 0 aromatic rings. The first-order chi connectivity index (χ1) is 5.48. The van der Waals surface area contributed by atoms with Gasteiger partial charge in [-0.15, -0.1) is 0 Å². The summed E-state index contributed by atoms with van der Waals surface area (Å²) in [4.78, 5) is 0. The fraction of sp³-hybridized carbons (Fsp3) is 1.00. The van der Waals surface area contributed by atoms with E-state index < -0.39 is 10.0 Å². The van der Waals surface area contributed by atoms with Crippen LogP contribution >= 0.6 is 0 Å². The lowest BCUT2D eigenvalue weighted by atomic mass is 9.63. The Balaban J connectivity index is 2.09.